The molecule has 2 N–H and O–H groups in total. The van der Waals surface area contributed by atoms with E-state index in [4.69, 9.17) is 15.7 Å². The molecule has 0 aliphatic carbocycles. The summed E-state index contributed by atoms with van der Waals surface area (Å²) in [6, 6.07) is 10.5. The van der Waals surface area contributed by atoms with Gasteiger partial charge in [0.25, 0.3) is 0 Å². The van der Waals surface area contributed by atoms with Crippen molar-refractivity contribution in [3.8, 4) is 6.07 Å². The van der Waals surface area contributed by atoms with Gasteiger partial charge in [0.2, 0.25) is 0 Å². The molecule has 0 spiro atoms. The third-order valence-corrected chi connectivity index (χ3v) is 2.66. The molecule has 0 unspecified atom stereocenters. The summed E-state index contributed by atoms with van der Waals surface area (Å²) in [5.74, 6) is -0.443. The number of anilines is 1. The Balaban J connectivity index is 2.04. The number of hydrogen-bond acceptors (Lipinski definition) is 4. The van der Waals surface area contributed by atoms with Gasteiger partial charge in [0.05, 0.1) is 17.3 Å². The lowest BCUT2D eigenvalue weighted by molar-refractivity contribution is 0.0461. The van der Waals surface area contributed by atoms with Gasteiger partial charge in [0.15, 0.2) is 0 Å². The third kappa shape index (κ3) is 2.93. The highest BCUT2D eigenvalue weighted by atomic mass is 16.5. The Kier molecular flexibility index (Phi) is 3.53. The van der Waals surface area contributed by atoms with Crippen LogP contribution in [-0.2, 0) is 18.4 Å². The minimum absolute atomic E-state index is 0.124. The van der Waals surface area contributed by atoms with E-state index in [0.717, 1.165) is 5.56 Å². The maximum Gasteiger partial charge on any atom is 0.355 e. The van der Waals surface area contributed by atoms with Crippen LogP contribution in [0, 0.1) is 11.3 Å². The van der Waals surface area contributed by atoms with E-state index in [0.29, 0.717) is 16.9 Å². The quantitative estimate of drug-likeness (QED) is 0.848. The van der Waals surface area contributed by atoms with Crippen molar-refractivity contribution >= 4 is 11.7 Å². The number of nitrogens with two attached hydrogens (primary N) is 1. The average Bonchev–Trinajstić information content (AvgIpc) is 2.75. The number of esters is 1. The Morgan fingerprint density at radius 3 is 2.89 bits per heavy atom. The summed E-state index contributed by atoms with van der Waals surface area (Å²) in [6.07, 6.45) is 1.65. The van der Waals surface area contributed by atoms with Crippen molar-refractivity contribution in [1.82, 2.24) is 4.57 Å². The van der Waals surface area contributed by atoms with Gasteiger partial charge in [-0.3, -0.25) is 0 Å². The number of nitrogen functional groups attached to an aromatic ring is 1. The van der Waals surface area contributed by atoms with Crippen LogP contribution in [0.1, 0.15) is 21.6 Å². The molecule has 5 heteroatoms. The second kappa shape index (κ2) is 5.27. The van der Waals surface area contributed by atoms with Gasteiger partial charge in [-0.2, -0.15) is 5.26 Å². The molecule has 0 fully saturated rings. The molecule has 19 heavy (non-hydrogen) atoms. The van der Waals surface area contributed by atoms with Crippen LogP contribution in [0.5, 0.6) is 0 Å². The first-order valence-corrected chi connectivity index (χ1v) is 5.68. The molecule has 0 saturated carbocycles. The summed E-state index contributed by atoms with van der Waals surface area (Å²) >= 11 is 0. The molecule has 1 aromatic carbocycles. The summed E-state index contributed by atoms with van der Waals surface area (Å²) in [7, 11) is 1.73. The predicted molar refractivity (Wildman–Crippen MR) is 70.1 cm³/mol. The van der Waals surface area contributed by atoms with Crippen LogP contribution in [0.4, 0.5) is 5.69 Å². The van der Waals surface area contributed by atoms with Crippen molar-refractivity contribution in [3.05, 3.63) is 53.3 Å². The van der Waals surface area contributed by atoms with Crippen LogP contribution in [0.2, 0.25) is 0 Å². The number of nitrogens with zero attached hydrogens (tertiary/aromatic N) is 2. The van der Waals surface area contributed by atoms with Gasteiger partial charge >= 0.3 is 5.97 Å². The fourth-order valence-electron chi connectivity index (χ4n) is 1.75. The van der Waals surface area contributed by atoms with Crippen molar-refractivity contribution in [3.63, 3.8) is 0 Å². The van der Waals surface area contributed by atoms with E-state index in [-0.39, 0.29) is 6.61 Å². The van der Waals surface area contributed by atoms with E-state index in [9.17, 15) is 4.79 Å². The van der Waals surface area contributed by atoms with E-state index in [1.54, 1.807) is 48.1 Å². The second-order valence-corrected chi connectivity index (χ2v) is 4.16. The molecule has 5 nitrogen and oxygen atoms in total. The molecule has 96 valence electrons. The summed E-state index contributed by atoms with van der Waals surface area (Å²) < 4.78 is 6.80. The lowest BCUT2D eigenvalue weighted by Crippen LogP contribution is -2.09. The third-order valence-electron chi connectivity index (χ3n) is 2.66. The summed E-state index contributed by atoms with van der Waals surface area (Å²) in [5.41, 5.74) is 7.82. The zero-order valence-electron chi connectivity index (χ0n) is 10.5. The largest absolute Gasteiger partial charge is 0.456 e. The number of ether oxygens (including phenoxy) is 1. The molecule has 0 aliphatic heterocycles. The SMILES string of the molecule is Cn1cc(N)cc1C(=O)OCc1cccc(C#N)c1. The van der Waals surface area contributed by atoms with Gasteiger partial charge in [-0.25, -0.2) is 4.79 Å². The normalized spacial score (nSPS) is 9.89. The molecular weight excluding hydrogens is 242 g/mol. The highest BCUT2D eigenvalue weighted by Gasteiger charge is 2.12. The highest BCUT2D eigenvalue weighted by molar-refractivity contribution is 5.89. The maximum absolute atomic E-state index is 11.8. The molecule has 1 heterocycles. The minimum atomic E-state index is -0.443. The fraction of sp³-hybridized carbons (Fsp3) is 0.143. The van der Waals surface area contributed by atoms with E-state index < -0.39 is 5.97 Å². The van der Waals surface area contributed by atoms with Crippen LogP contribution in [0.3, 0.4) is 0 Å². The average molecular weight is 255 g/mol. The van der Waals surface area contributed by atoms with Crippen molar-refractivity contribution in [2.45, 2.75) is 6.61 Å². The topological polar surface area (TPSA) is 81.0 Å². The summed E-state index contributed by atoms with van der Waals surface area (Å²) in [4.78, 5) is 11.8. The predicted octanol–water partition coefficient (Wildman–Crippen LogP) is 1.84. The lowest BCUT2D eigenvalue weighted by Gasteiger charge is -2.05. The zero-order chi connectivity index (χ0) is 13.8. The lowest BCUT2D eigenvalue weighted by atomic mass is 10.1. The number of benzene rings is 1. The Morgan fingerprint density at radius 1 is 1.47 bits per heavy atom. The van der Waals surface area contributed by atoms with E-state index in [2.05, 4.69) is 0 Å². The number of rotatable bonds is 3. The fourth-order valence-corrected chi connectivity index (χ4v) is 1.75. The number of hydrogen-bond donors (Lipinski definition) is 1. The van der Waals surface area contributed by atoms with E-state index in [1.807, 2.05) is 6.07 Å². The maximum atomic E-state index is 11.8. The van der Waals surface area contributed by atoms with Gasteiger partial charge in [-0.1, -0.05) is 12.1 Å². The van der Waals surface area contributed by atoms with E-state index >= 15 is 0 Å². The molecule has 0 aliphatic rings. The molecule has 0 amide bonds. The summed E-state index contributed by atoms with van der Waals surface area (Å²) in [6.45, 7) is 0.124. The first kappa shape index (κ1) is 12.7. The van der Waals surface area contributed by atoms with Crippen LogP contribution in [-0.4, -0.2) is 10.5 Å². The Labute approximate surface area is 110 Å². The number of nitriles is 1. The molecule has 0 radical (unpaired) electrons. The smallest absolute Gasteiger partial charge is 0.355 e. The Morgan fingerprint density at radius 2 is 2.26 bits per heavy atom. The number of aryl methyl sites for hydroxylation is 1. The Hall–Kier alpha value is -2.74. The second-order valence-electron chi connectivity index (χ2n) is 4.16. The van der Waals surface area contributed by atoms with Crippen molar-refractivity contribution in [1.29, 1.82) is 5.26 Å². The van der Waals surface area contributed by atoms with Crippen molar-refractivity contribution < 1.29 is 9.53 Å². The Bertz CT molecular complexity index is 653. The first-order chi connectivity index (χ1) is 9.10. The zero-order valence-corrected chi connectivity index (χ0v) is 10.5. The highest BCUT2D eigenvalue weighted by Crippen LogP contribution is 2.12. The number of carbonyl (C=O) groups is 1. The van der Waals surface area contributed by atoms with Gasteiger partial charge in [-0.05, 0) is 23.8 Å². The molecular formula is C14H13N3O2. The van der Waals surface area contributed by atoms with Crippen LogP contribution < -0.4 is 5.73 Å². The number of carbonyl (C=O) groups excluding carboxylic acids is 1. The van der Waals surface area contributed by atoms with Crippen molar-refractivity contribution in [2.24, 2.45) is 7.05 Å². The molecule has 1 aromatic heterocycles. The molecule has 2 rings (SSSR count). The van der Waals surface area contributed by atoms with Gasteiger partial charge in [-0.15, -0.1) is 0 Å². The standard InChI is InChI=1S/C14H13N3O2/c1-17-8-12(16)6-13(17)14(18)19-9-11-4-2-3-10(5-11)7-15/h2-6,8H,9,16H2,1H3. The molecule has 0 bridgehead atoms. The van der Waals surface area contributed by atoms with Crippen LogP contribution in [0.25, 0.3) is 0 Å². The van der Waals surface area contributed by atoms with Crippen molar-refractivity contribution in [2.75, 3.05) is 5.73 Å². The molecule has 2 aromatic rings. The van der Waals surface area contributed by atoms with Gasteiger partial charge in [0.1, 0.15) is 12.3 Å². The monoisotopic (exact) mass is 255 g/mol. The number of aromatic nitrogens is 1. The van der Waals surface area contributed by atoms with E-state index in [1.165, 1.54) is 0 Å². The molecule has 0 saturated heterocycles. The van der Waals surface area contributed by atoms with Crippen LogP contribution >= 0.6 is 0 Å². The van der Waals surface area contributed by atoms with Gasteiger partial charge in [0, 0.05) is 13.2 Å². The first-order valence-electron chi connectivity index (χ1n) is 5.68. The summed E-state index contributed by atoms with van der Waals surface area (Å²) in [5, 5.41) is 8.78. The van der Waals surface area contributed by atoms with Crippen LogP contribution in [0.15, 0.2) is 36.5 Å². The van der Waals surface area contributed by atoms with Gasteiger partial charge < -0.3 is 15.0 Å². The minimum Gasteiger partial charge on any atom is -0.456 e. The molecule has 0 atom stereocenters.